The van der Waals surface area contributed by atoms with Crippen LogP contribution in [0.4, 0.5) is 10.6 Å². The number of thioether (sulfide) groups is 1. The van der Waals surface area contributed by atoms with Crippen LogP contribution in [0.15, 0.2) is 11.2 Å². The third-order valence-corrected chi connectivity index (χ3v) is 2.94. The molecule has 1 aromatic heterocycles. The average molecular weight is 270 g/mol. The molecule has 7 nitrogen and oxygen atoms in total. The second-order valence-electron chi connectivity index (χ2n) is 3.57. The number of nitrogens with two attached hydrogens (primary N) is 1. The highest BCUT2D eigenvalue weighted by atomic mass is 32.2. The highest BCUT2D eigenvalue weighted by molar-refractivity contribution is 7.98. The van der Waals surface area contributed by atoms with Crippen molar-refractivity contribution in [3.8, 4) is 5.88 Å². The van der Waals surface area contributed by atoms with E-state index in [-0.39, 0.29) is 5.88 Å². The van der Waals surface area contributed by atoms with Crippen LogP contribution in [0.5, 0.6) is 5.88 Å². The SMILES string of the molecule is CSc1nc(OC(N)=O)cc(N2CCOCC2)n1. The number of nitrogens with zero attached hydrogens (tertiary/aromatic N) is 3. The molecule has 2 rings (SSSR count). The molecule has 98 valence electrons. The van der Waals surface area contributed by atoms with E-state index in [1.807, 2.05) is 6.26 Å². The summed E-state index contributed by atoms with van der Waals surface area (Å²) in [4.78, 5) is 21.2. The Kier molecular flexibility index (Phi) is 4.21. The molecular formula is C10H14N4O3S. The van der Waals surface area contributed by atoms with Crippen LogP contribution in [0, 0.1) is 0 Å². The van der Waals surface area contributed by atoms with Gasteiger partial charge < -0.3 is 20.1 Å². The molecule has 18 heavy (non-hydrogen) atoms. The van der Waals surface area contributed by atoms with E-state index in [1.54, 1.807) is 6.07 Å². The van der Waals surface area contributed by atoms with Crippen LogP contribution in [0.1, 0.15) is 0 Å². The van der Waals surface area contributed by atoms with Crippen molar-refractivity contribution in [1.29, 1.82) is 0 Å². The van der Waals surface area contributed by atoms with Gasteiger partial charge in [-0.15, -0.1) is 0 Å². The lowest BCUT2D eigenvalue weighted by molar-refractivity contribution is 0.122. The fourth-order valence-corrected chi connectivity index (χ4v) is 1.96. The molecule has 8 heteroatoms. The van der Waals surface area contributed by atoms with Gasteiger partial charge in [0, 0.05) is 19.2 Å². The van der Waals surface area contributed by atoms with E-state index in [9.17, 15) is 4.79 Å². The highest BCUT2D eigenvalue weighted by Gasteiger charge is 2.16. The summed E-state index contributed by atoms with van der Waals surface area (Å²) >= 11 is 1.38. The van der Waals surface area contributed by atoms with Gasteiger partial charge in [0.25, 0.3) is 0 Å². The van der Waals surface area contributed by atoms with Crippen LogP contribution in [-0.2, 0) is 4.74 Å². The van der Waals surface area contributed by atoms with Crippen molar-refractivity contribution in [1.82, 2.24) is 9.97 Å². The normalized spacial score (nSPS) is 15.5. The Bertz CT molecular complexity index is 437. The largest absolute Gasteiger partial charge is 0.411 e. The maximum absolute atomic E-state index is 10.8. The number of primary amides is 1. The minimum Gasteiger partial charge on any atom is -0.391 e. The van der Waals surface area contributed by atoms with E-state index in [1.165, 1.54) is 11.8 Å². The maximum Gasteiger partial charge on any atom is 0.411 e. The lowest BCUT2D eigenvalue weighted by atomic mass is 10.4. The summed E-state index contributed by atoms with van der Waals surface area (Å²) in [6.07, 6.45) is 0.973. The van der Waals surface area contributed by atoms with Crippen LogP contribution in [0.3, 0.4) is 0 Å². The van der Waals surface area contributed by atoms with Gasteiger partial charge in [-0.25, -0.2) is 9.78 Å². The number of aromatic nitrogens is 2. The minimum absolute atomic E-state index is 0.170. The van der Waals surface area contributed by atoms with Crippen LogP contribution >= 0.6 is 11.8 Å². The second kappa shape index (κ2) is 5.87. The van der Waals surface area contributed by atoms with Gasteiger partial charge in [0.05, 0.1) is 13.2 Å². The molecule has 0 spiro atoms. The summed E-state index contributed by atoms with van der Waals surface area (Å²) in [6, 6.07) is 1.61. The Balaban J connectivity index is 2.24. The van der Waals surface area contributed by atoms with Crippen molar-refractivity contribution in [3.05, 3.63) is 6.07 Å². The Morgan fingerprint density at radius 3 is 2.83 bits per heavy atom. The molecule has 1 aromatic rings. The van der Waals surface area contributed by atoms with Crippen LogP contribution in [0.25, 0.3) is 0 Å². The molecule has 1 saturated heterocycles. The summed E-state index contributed by atoms with van der Waals surface area (Å²) in [6.45, 7) is 2.82. The number of ether oxygens (including phenoxy) is 2. The average Bonchev–Trinajstić information content (AvgIpc) is 2.38. The number of anilines is 1. The zero-order valence-corrected chi connectivity index (χ0v) is 10.8. The van der Waals surface area contributed by atoms with E-state index >= 15 is 0 Å². The topological polar surface area (TPSA) is 90.6 Å². The van der Waals surface area contributed by atoms with Crippen molar-refractivity contribution in [2.24, 2.45) is 5.73 Å². The molecule has 2 heterocycles. The first-order valence-corrected chi connectivity index (χ1v) is 6.64. The molecule has 1 aliphatic heterocycles. The minimum atomic E-state index is -0.881. The number of rotatable bonds is 3. The number of amides is 1. The number of hydrogen-bond acceptors (Lipinski definition) is 7. The Hall–Kier alpha value is -1.54. The Morgan fingerprint density at radius 2 is 2.22 bits per heavy atom. The summed E-state index contributed by atoms with van der Waals surface area (Å²) < 4.78 is 10.1. The monoisotopic (exact) mass is 270 g/mol. The second-order valence-corrected chi connectivity index (χ2v) is 4.34. The van der Waals surface area contributed by atoms with Gasteiger partial charge in [0.15, 0.2) is 5.16 Å². The molecule has 0 unspecified atom stereocenters. The molecule has 0 radical (unpaired) electrons. The van der Waals surface area contributed by atoms with Gasteiger partial charge in [-0.05, 0) is 6.26 Å². The van der Waals surface area contributed by atoms with Gasteiger partial charge in [0.1, 0.15) is 5.82 Å². The van der Waals surface area contributed by atoms with Gasteiger partial charge in [-0.2, -0.15) is 4.98 Å². The first-order valence-electron chi connectivity index (χ1n) is 5.42. The van der Waals surface area contributed by atoms with E-state index in [4.69, 9.17) is 15.2 Å². The highest BCUT2D eigenvalue weighted by Crippen LogP contribution is 2.22. The predicted molar refractivity (Wildman–Crippen MR) is 67.1 cm³/mol. The van der Waals surface area contributed by atoms with Crippen molar-refractivity contribution < 1.29 is 14.3 Å². The van der Waals surface area contributed by atoms with Crippen LogP contribution in [0.2, 0.25) is 0 Å². The first-order chi connectivity index (χ1) is 8.69. The quantitative estimate of drug-likeness (QED) is 0.631. The zero-order chi connectivity index (χ0) is 13.0. The zero-order valence-electron chi connectivity index (χ0n) is 9.96. The first kappa shape index (κ1) is 12.9. The molecule has 1 fully saturated rings. The Morgan fingerprint density at radius 1 is 1.50 bits per heavy atom. The fourth-order valence-electron chi connectivity index (χ4n) is 1.59. The summed E-state index contributed by atoms with van der Waals surface area (Å²) in [5.74, 6) is 0.886. The summed E-state index contributed by atoms with van der Waals surface area (Å²) in [5, 5.41) is 0.537. The predicted octanol–water partition coefficient (Wildman–Crippen LogP) is 0.493. The lowest BCUT2D eigenvalue weighted by Crippen LogP contribution is -2.36. The molecule has 1 aliphatic rings. The molecule has 1 amide bonds. The molecule has 0 saturated carbocycles. The number of morpholine rings is 1. The van der Waals surface area contributed by atoms with Gasteiger partial charge in [-0.1, -0.05) is 11.8 Å². The standard InChI is InChI=1S/C10H14N4O3S/c1-18-10-12-7(14-2-4-16-5-3-14)6-8(13-10)17-9(11)15/h6H,2-5H2,1H3,(H2,11,15). The molecule has 0 aliphatic carbocycles. The molecular weight excluding hydrogens is 256 g/mol. The third-order valence-electron chi connectivity index (χ3n) is 2.39. The summed E-state index contributed by atoms with van der Waals surface area (Å²) in [5.41, 5.74) is 4.98. The van der Waals surface area contributed by atoms with Gasteiger partial charge in [0.2, 0.25) is 5.88 Å². The number of hydrogen-bond donors (Lipinski definition) is 1. The smallest absolute Gasteiger partial charge is 0.391 e. The molecule has 0 bridgehead atoms. The lowest BCUT2D eigenvalue weighted by Gasteiger charge is -2.27. The van der Waals surface area contributed by atoms with E-state index in [0.29, 0.717) is 24.2 Å². The van der Waals surface area contributed by atoms with E-state index < -0.39 is 6.09 Å². The maximum atomic E-state index is 10.8. The van der Waals surface area contributed by atoms with Gasteiger partial charge >= 0.3 is 6.09 Å². The van der Waals surface area contributed by atoms with E-state index in [2.05, 4.69) is 14.9 Å². The van der Waals surface area contributed by atoms with Crippen molar-refractivity contribution >= 4 is 23.7 Å². The summed E-state index contributed by atoms with van der Waals surface area (Å²) in [7, 11) is 0. The Labute approximate surface area is 109 Å². The van der Waals surface area contributed by atoms with Crippen LogP contribution < -0.4 is 15.4 Å². The molecule has 2 N–H and O–H groups in total. The third kappa shape index (κ3) is 3.23. The molecule has 0 atom stereocenters. The van der Waals surface area contributed by atoms with Crippen molar-refractivity contribution in [3.63, 3.8) is 0 Å². The van der Waals surface area contributed by atoms with E-state index in [0.717, 1.165) is 13.1 Å². The number of carbonyl (C=O) groups excluding carboxylic acids is 1. The number of carbonyl (C=O) groups is 1. The molecule has 0 aromatic carbocycles. The van der Waals surface area contributed by atoms with Crippen molar-refractivity contribution in [2.45, 2.75) is 5.16 Å². The fraction of sp³-hybridized carbons (Fsp3) is 0.500. The van der Waals surface area contributed by atoms with Crippen molar-refractivity contribution in [2.75, 3.05) is 37.5 Å². The van der Waals surface area contributed by atoms with Crippen LogP contribution in [-0.4, -0.2) is 48.6 Å². The van der Waals surface area contributed by atoms with Gasteiger partial charge in [-0.3, -0.25) is 0 Å².